The second-order valence-corrected chi connectivity index (χ2v) is 7.40. The van der Waals surface area contributed by atoms with E-state index in [1.165, 1.54) is 0 Å². The fourth-order valence-corrected chi connectivity index (χ4v) is 4.56. The summed E-state index contributed by atoms with van der Waals surface area (Å²) in [4.78, 5) is 48.0. The van der Waals surface area contributed by atoms with Gasteiger partial charge in [-0.05, 0) is 24.5 Å². The van der Waals surface area contributed by atoms with Gasteiger partial charge in [0.15, 0.2) is 0 Å². The number of hydrogen-bond donors (Lipinski definition) is 3. The zero-order valence-corrected chi connectivity index (χ0v) is 13.9. The molecule has 0 radical (unpaired) electrons. The molecule has 1 aromatic carbocycles. The molecule has 2 saturated heterocycles. The van der Waals surface area contributed by atoms with E-state index in [-0.39, 0.29) is 23.7 Å². The minimum Gasteiger partial charge on any atom is -0.483 e. The topological polar surface area (TPSA) is 114 Å². The van der Waals surface area contributed by atoms with Crippen molar-refractivity contribution in [3.05, 3.63) is 28.8 Å². The number of rotatable bonds is 1. The van der Waals surface area contributed by atoms with Crippen molar-refractivity contribution in [3.8, 4) is 5.75 Å². The molecule has 4 aliphatic rings. The summed E-state index contributed by atoms with van der Waals surface area (Å²) in [7, 11) is 0. The summed E-state index contributed by atoms with van der Waals surface area (Å²) in [5.74, 6) is -1.30. The molecule has 0 aliphatic carbocycles. The maximum atomic E-state index is 12.4. The van der Waals surface area contributed by atoms with Crippen molar-refractivity contribution in [2.45, 2.75) is 24.9 Å². The van der Waals surface area contributed by atoms with Crippen molar-refractivity contribution in [3.63, 3.8) is 0 Å². The fraction of sp³-hybridized carbons (Fsp3) is 0.444. The van der Waals surface area contributed by atoms with Crippen LogP contribution in [0.4, 0.5) is 0 Å². The fourth-order valence-electron chi connectivity index (χ4n) is 4.56. The summed E-state index contributed by atoms with van der Waals surface area (Å²) in [6, 6.07) is 3.43. The molecule has 0 saturated carbocycles. The largest absolute Gasteiger partial charge is 0.483 e. The first-order valence-corrected chi connectivity index (χ1v) is 8.73. The lowest BCUT2D eigenvalue weighted by Crippen LogP contribution is -2.71. The predicted octanol–water partition coefficient (Wildman–Crippen LogP) is -0.484. The van der Waals surface area contributed by atoms with Gasteiger partial charge in [-0.15, -0.1) is 0 Å². The standard InChI is InChI=1S/C18H17N3O5/c22-12-4-3-9(15(23)20-12)11-5-8-1-2-10-13(17(25)21-16(10)24)14(8)26-18(11)6-19-7-18/h1-2,9,11,19H,3-7H2,(H,20,22,23)(H,21,24,25). The van der Waals surface area contributed by atoms with E-state index in [1.807, 2.05) is 0 Å². The highest BCUT2D eigenvalue weighted by Crippen LogP contribution is 2.47. The molecule has 8 heteroatoms. The van der Waals surface area contributed by atoms with Gasteiger partial charge in [0.1, 0.15) is 11.4 Å². The molecule has 1 aromatic rings. The van der Waals surface area contributed by atoms with Gasteiger partial charge < -0.3 is 10.1 Å². The van der Waals surface area contributed by atoms with Gasteiger partial charge in [0.05, 0.1) is 11.1 Å². The Morgan fingerprint density at radius 2 is 1.85 bits per heavy atom. The summed E-state index contributed by atoms with van der Waals surface area (Å²) >= 11 is 0. The maximum absolute atomic E-state index is 12.4. The van der Waals surface area contributed by atoms with E-state index in [0.29, 0.717) is 49.2 Å². The average Bonchev–Trinajstić information content (AvgIpc) is 2.87. The van der Waals surface area contributed by atoms with Crippen molar-refractivity contribution in [1.82, 2.24) is 16.0 Å². The zero-order valence-electron chi connectivity index (χ0n) is 13.9. The second kappa shape index (κ2) is 5.14. The molecule has 0 bridgehead atoms. The normalized spacial score (nSPS) is 28.6. The minimum absolute atomic E-state index is 0.0948. The molecule has 4 amide bonds. The van der Waals surface area contributed by atoms with Gasteiger partial charge in [0.2, 0.25) is 11.8 Å². The first kappa shape index (κ1) is 15.5. The molecule has 8 nitrogen and oxygen atoms in total. The van der Waals surface area contributed by atoms with E-state index in [9.17, 15) is 19.2 Å². The van der Waals surface area contributed by atoms with Gasteiger partial charge in [-0.2, -0.15) is 0 Å². The van der Waals surface area contributed by atoms with Crippen LogP contribution >= 0.6 is 0 Å². The van der Waals surface area contributed by atoms with Gasteiger partial charge >= 0.3 is 0 Å². The lowest BCUT2D eigenvalue weighted by Gasteiger charge is -2.53. The molecule has 2 fully saturated rings. The first-order valence-electron chi connectivity index (χ1n) is 8.73. The van der Waals surface area contributed by atoms with E-state index in [4.69, 9.17) is 4.74 Å². The summed E-state index contributed by atoms with van der Waals surface area (Å²) in [5.41, 5.74) is 0.841. The van der Waals surface area contributed by atoms with Crippen LogP contribution in [-0.4, -0.2) is 42.3 Å². The van der Waals surface area contributed by atoms with Crippen molar-refractivity contribution in [2.24, 2.45) is 11.8 Å². The minimum atomic E-state index is -0.601. The number of nitrogens with one attached hydrogen (secondary N) is 3. The Bertz CT molecular complexity index is 889. The Kier molecular flexibility index (Phi) is 3.06. The van der Waals surface area contributed by atoms with Crippen LogP contribution in [-0.2, 0) is 16.0 Å². The molecule has 5 rings (SSSR count). The molecule has 2 atom stereocenters. The number of fused-ring (bicyclic) bond motifs is 3. The molecule has 1 spiro atoms. The predicted molar refractivity (Wildman–Crippen MR) is 87.5 cm³/mol. The maximum Gasteiger partial charge on any atom is 0.262 e. The Hall–Kier alpha value is -2.74. The number of piperidine rings is 1. The number of carbonyl (C=O) groups excluding carboxylic acids is 4. The molecule has 4 heterocycles. The van der Waals surface area contributed by atoms with Gasteiger partial charge in [0.25, 0.3) is 11.8 Å². The monoisotopic (exact) mass is 355 g/mol. The highest BCUT2D eigenvalue weighted by Gasteiger charge is 2.55. The Labute approximate surface area is 148 Å². The van der Waals surface area contributed by atoms with Crippen LogP contribution in [0.2, 0.25) is 0 Å². The number of imide groups is 2. The lowest BCUT2D eigenvalue weighted by molar-refractivity contribution is -0.144. The summed E-state index contributed by atoms with van der Waals surface area (Å²) in [6.07, 6.45) is 1.39. The van der Waals surface area contributed by atoms with Crippen molar-refractivity contribution in [2.75, 3.05) is 13.1 Å². The van der Waals surface area contributed by atoms with E-state index in [0.717, 1.165) is 5.56 Å². The third-order valence-corrected chi connectivity index (χ3v) is 5.97. The molecule has 2 unspecified atom stereocenters. The molecule has 26 heavy (non-hydrogen) atoms. The van der Waals surface area contributed by atoms with Crippen LogP contribution in [0.15, 0.2) is 12.1 Å². The molecule has 0 aromatic heterocycles. The number of hydrogen-bond acceptors (Lipinski definition) is 6. The van der Waals surface area contributed by atoms with Gasteiger partial charge in [-0.1, -0.05) is 6.07 Å². The van der Waals surface area contributed by atoms with E-state index >= 15 is 0 Å². The van der Waals surface area contributed by atoms with Crippen LogP contribution < -0.4 is 20.7 Å². The second-order valence-electron chi connectivity index (χ2n) is 7.40. The van der Waals surface area contributed by atoms with Crippen molar-refractivity contribution >= 4 is 23.6 Å². The Balaban J connectivity index is 1.57. The van der Waals surface area contributed by atoms with Crippen LogP contribution in [0.1, 0.15) is 39.1 Å². The summed E-state index contributed by atoms with van der Waals surface area (Å²) < 4.78 is 6.32. The van der Waals surface area contributed by atoms with E-state index in [1.54, 1.807) is 12.1 Å². The van der Waals surface area contributed by atoms with Crippen LogP contribution in [0.5, 0.6) is 5.75 Å². The lowest BCUT2D eigenvalue weighted by atomic mass is 9.67. The first-order chi connectivity index (χ1) is 12.5. The van der Waals surface area contributed by atoms with Gasteiger partial charge in [-0.25, -0.2) is 0 Å². The summed E-state index contributed by atoms with van der Waals surface area (Å²) in [6.45, 7) is 1.13. The number of benzene rings is 1. The smallest absolute Gasteiger partial charge is 0.262 e. The number of carbonyl (C=O) groups is 4. The SMILES string of the molecule is O=C1CCC(C2Cc3ccc4c(c3OC23CNC3)C(=O)NC4=O)C(=O)N1. The third kappa shape index (κ3) is 1.99. The van der Waals surface area contributed by atoms with Crippen LogP contribution in [0, 0.1) is 11.8 Å². The summed E-state index contributed by atoms with van der Waals surface area (Å²) in [5, 5.41) is 7.93. The Morgan fingerprint density at radius 1 is 1.04 bits per heavy atom. The number of amides is 4. The van der Waals surface area contributed by atoms with Crippen LogP contribution in [0.25, 0.3) is 0 Å². The zero-order chi connectivity index (χ0) is 18.1. The third-order valence-electron chi connectivity index (χ3n) is 5.97. The molecule has 134 valence electrons. The molecular weight excluding hydrogens is 338 g/mol. The Morgan fingerprint density at radius 3 is 2.54 bits per heavy atom. The van der Waals surface area contributed by atoms with Crippen molar-refractivity contribution < 1.29 is 23.9 Å². The highest BCUT2D eigenvalue weighted by atomic mass is 16.5. The number of ether oxygens (including phenoxy) is 1. The van der Waals surface area contributed by atoms with Gasteiger partial charge in [-0.3, -0.25) is 29.8 Å². The van der Waals surface area contributed by atoms with Crippen LogP contribution in [0.3, 0.4) is 0 Å². The quantitative estimate of drug-likeness (QED) is 0.586. The molecule has 3 N–H and O–H groups in total. The van der Waals surface area contributed by atoms with Crippen molar-refractivity contribution in [1.29, 1.82) is 0 Å². The molecule has 4 aliphatic heterocycles. The van der Waals surface area contributed by atoms with Gasteiger partial charge in [0, 0.05) is 31.3 Å². The molecular formula is C18H17N3O5. The highest BCUT2D eigenvalue weighted by molar-refractivity contribution is 6.23. The average molecular weight is 355 g/mol. The van der Waals surface area contributed by atoms with E-state index < -0.39 is 17.4 Å². The van der Waals surface area contributed by atoms with E-state index in [2.05, 4.69) is 16.0 Å².